The molecule has 11 heteroatoms. The second-order valence-corrected chi connectivity index (χ2v) is 12.7. The Labute approximate surface area is 272 Å². The highest BCUT2D eigenvalue weighted by atomic mass is 35.5. The quantitative estimate of drug-likeness (QED) is 0.219. The highest BCUT2D eigenvalue weighted by Gasteiger charge is 2.26. The molecule has 6 rings (SSSR count). The average Bonchev–Trinajstić information content (AvgIpc) is 3.38. The first-order chi connectivity index (χ1) is 21.7. The molecular weight excluding hydrogens is 616 g/mol. The summed E-state index contributed by atoms with van der Waals surface area (Å²) in [7, 11) is 0. The number of nitrogens with zero attached hydrogens (tertiary/aromatic N) is 4. The van der Waals surface area contributed by atoms with E-state index in [-0.39, 0.29) is 24.2 Å². The molecule has 3 unspecified atom stereocenters. The van der Waals surface area contributed by atoms with Crippen molar-refractivity contribution in [3.05, 3.63) is 87.3 Å². The van der Waals surface area contributed by atoms with Crippen molar-refractivity contribution in [3.8, 4) is 5.75 Å². The SMILES string of the molecule is CC1CN(C(=O)c2ccc(/C(F)=C/c3nn(C4CCCCO4)c4ccc(O[C@H](C)c5c(Cl)cncc5Cl)cc34)cc2)CC(C)N1. The summed E-state index contributed by atoms with van der Waals surface area (Å²) in [5, 5.41) is 9.78. The molecule has 4 atom stereocenters. The van der Waals surface area contributed by atoms with E-state index in [2.05, 4.69) is 24.1 Å². The summed E-state index contributed by atoms with van der Waals surface area (Å²) in [6.07, 6.45) is 6.60. The third kappa shape index (κ3) is 6.87. The van der Waals surface area contributed by atoms with Crippen molar-refractivity contribution in [2.24, 2.45) is 0 Å². The van der Waals surface area contributed by atoms with Crippen molar-refractivity contribution < 1.29 is 18.7 Å². The van der Waals surface area contributed by atoms with Crippen molar-refractivity contribution in [3.63, 3.8) is 0 Å². The fraction of sp³-hybridized carbons (Fsp3) is 0.382. The Hall–Kier alpha value is -3.50. The van der Waals surface area contributed by atoms with Crippen LogP contribution in [-0.4, -0.2) is 57.4 Å². The molecule has 2 aromatic carbocycles. The van der Waals surface area contributed by atoms with Crippen molar-refractivity contribution in [1.29, 1.82) is 0 Å². The number of pyridine rings is 1. The van der Waals surface area contributed by atoms with E-state index in [1.54, 1.807) is 24.3 Å². The van der Waals surface area contributed by atoms with Gasteiger partial charge in [-0.3, -0.25) is 9.78 Å². The summed E-state index contributed by atoms with van der Waals surface area (Å²) in [5.74, 6) is 0.0292. The summed E-state index contributed by atoms with van der Waals surface area (Å²) in [4.78, 5) is 19.0. The first-order valence-corrected chi connectivity index (χ1v) is 16.1. The number of benzene rings is 2. The zero-order valence-electron chi connectivity index (χ0n) is 25.5. The van der Waals surface area contributed by atoms with E-state index < -0.39 is 11.9 Å². The minimum absolute atomic E-state index is 0.0561. The second-order valence-electron chi connectivity index (χ2n) is 11.9. The molecule has 2 aliphatic heterocycles. The molecule has 0 saturated carbocycles. The minimum Gasteiger partial charge on any atom is -0.486 e. The molecule has 1 amide bonds. The number of halogens is 3. The number of ether oxygens (including phenoxy) is 2. The lowest BCUT2D eigenvalue weighted by Crippen LogP contribution is -2.55. The molecule has 4 aromatic rings. The Morgan fingerprint density at radius 1 is 1.07 bits per heavy atom. The fourth-order valence-electron chi connectivity index (χ4n) is 6.18. The highest BCUT2D eigenvalue weighted by molar-refractivity contribution is 6.35. The van der Waals surface area contributed by atoms with E-state index in [0.717, 1.165) is 24.8 Å². The van der Waals surface area contributed by atoms with Crippen LogP contribution < -0.4 is 10.1 Å². The van der Waals surface area contributed by atoms with Crippen LogP contribution in [-0.2, 0) is 4.74 Å². The number of aromatic nitrogens is 3. The third-order valence-electron chi connectivity index (χ3n) is 8.26. The third-order valence-corrected chi connectivity index (χ3v) is 8.86. The summed E-state index contributed by atoms with van der Waals surface area (Å²) >= 11 is 12.7. The number of carbonyl (C=O) groups excluding carboxylic acids is 1. The predicted molar refractivity (Wildman–Crippen MR) is 175 cm³/mol. The Kier molecular flexibility index (Phi) is 9.42. The molecule has 0 spiro atoms. The molecule has 2 aromatic heterocycles. The second kappa shape index (κ2) is 13.5. The van der Waals surface area contributed by atoms with Crippen LogP contribution >= 0.6 is 23.2 Å². The highest BCUT2D eigenvalue weighted by Crippen LogP contribution is 2.36. The Bertz CT molecular complexity index is 1690. The molecule has 8 nitrogen and oxygen atoms in total. The van der Waals surface area contributed by atoms with E-state index in [0.29, 0.717) is 63.3 Å². The van der Waals surface area contributed by atoms with Gasteiger partial charge < -0.3 is 19.7 Å². The fourth-order valence-corrected chi connectivity index (χ4v) is 6.86. The first-order valence-electron chi connectivity index (χ1n) is 15.3. The van der Waals surface area contributed by atoms with Crippen LogP contribution in [0, 0.1) is 0 Å². The Balaban J connectivity index is 1.30. The summed E-state index contributed by atoms with van der Waals surface area (Å²) in [5.41, 5.74) is 2.77. The van der Waals surface area contributed by atoms with Crippen LogP contribution in [0.3, 0.4) is 0 Å². The first kappa shape index (κ1) is 31.5. The van der Waals surface area contributed by atoms with Gasteiger partial charge in [0.25, 0.3) is 5.91 Å². The molecule has 1 N–H and O–H groups in total. The molecule has 2 aliphatic rings. The normalized spacial score (nSPS) is 21.6. The van der Waals surface area contributed by atoms with E-state index in [1.807, 2.05) is 34.7 Å². The molecule has 45 heavy (non-hydrogen) atoms. The lowest BCUT2D eigenvalue weighted by molar-refractivity contribution is -0.0367. The van der Waals surface area contributed by atoms with Gasteiger partial charge in [0.2, 0.25) is 0 Å². The van der Waals surface area contributed by atoms with E-state index in [4.69, 9.17) is 37.8 Å². The number of hydrogen-bond acceptors (Lipinski definition) is 6. The van der Waals surface area contributed by atoms with Gasteiger partial charge in [-0.05, 0) is 70.4 Å². The van der Waals surface area contributed by atoms with Crippen LogP contribution in [0.4, 0.5) is 4.39 Å². The van der Waals surface area contributed by atoms with Gasteiger partial charge in [-0.2, -0.15) is 5.10 Å². The molecule has 4 heterocycles. The number of carbonyl (C=O) groups is 1. The van der Waals surface area contributed by atoms with Gasteiger partial charge in [-0.1, -0.05) is 35.3 Å². The summed E-state index contributed by atoms with van der Waals surface area (Å²) < 4.78 is 29.9. The number of rotatable bonds is 7. The largest absolute Gasteiger partial charge is 0.486 e. The Morgan fingerprint density at radius 2 is 1.76 bits per heavy atom. The molecule has 0 bridgehead atoms. The number of amides is 1. The smallest absolute Gasteiger partial charge is 0.253 e. The van der Waals surface area contributed by atoms with Crippen molar-refractivity contribution in [2.45, 2.75) is 64.4 Å². The monoisotopic (exact) mass is 651 g/mol. The number of nitrogens with one attached hydrogen (secondary N) is 1. The standard InChI is InChI=1S/C34H36Cl2FN5O3/c1-20-18-41(19-21(2)39-20)34(43)24-9-7-23(8-10-24)29(37)15-30-26-14-25(45-22(3)33-27(35)16-38-17-28(33)36)11-12-31(26)42(40-30)32-6-4-5-13-44-32/h7-12,14-17,20-22,32,39H,4-6,13,18-19H2,1-3H3/b29-15-/t20?,21?,22-,32?/m1/s1. The van der Waals surface area contributed by atoms with Crippen molar-refractivity contribution >= 4 is 51.9 Å². The van der Waals surface area contributed by atoms with Gasteiger partial charge in [0.1, 0.15) is 17.7 Å². The van der Waals surface area contributed by atoms with E-state index >= 15 is 4.39 Å². The minimum atomic E-state index is -0.468. The van der Waals surface area contributed by atoms with Crippen LogP contribution in [0.15, 0.2) is 54.9 Å². The van der Waals surface area contributed by atoms with Gasteiger partial charge in [-0.25, -0.2) is 9.07 Å². The average molecular weight is 653 g/mol. The Morgan fingerprint density at radius 3 is 2.42 bits per heavy atom. The van der Waals surface area contributed by atoms with Gasteiger partial charge >= 0.3 is 0 Å². The lowest BCUT2D eigenvalue weighted by atomic mass is 10.1. The number of hydrogen-bond donors (Lipinski definition) is 1. The number of piperazine rings is 1. The van der Waals surface area contributed by atoms with Crippen molar-refractivity contribution in [2.75, 3.05) is 19.7 Å². The van der Waals surface area contributed by atoms with Crippen LogP contribution in [0.2, 0.25) is 10.0 Å². The predicted octanol–water partition coefficient (Wildman–Crippen LogP) is 7.87. The lowest BCUT2D eigenvalue weighted by Gasteiger charge is -2.36. The molecule has 2 saturated heterocycles. The molecular formula is C34H36Cl2FN5O3. The zero-order valence-corrected chi connectivity index (χ0v) is 27.0. The zero-order chi connectivity index (χ0) is 31.7. The van der Waals surface area contributed by atoms with Crippen molar-refractivity contribution in [1.82, 2.24) is 25.0 Å². The molecule has 0 radical (unpaired) electrons. The number of fused-ring (bicyclic) bond motifs is 1. The van der Waals surface area contributed by atoms with Crippen LogP contribution in [0.1, 0.15) is 79.5 Å². The summed E-state index contributed by atoms with van der Waals surface area (Å²) in [6, 6.07) is 12.7. The van der Waals surface area contributed by atoms with Crippen LogP contribution in [0.5, 0.6) is 5.75 Å². The maximum atomic E-state index is 15.8. The maximum Gasteiger partial charge on any atom is 0.253 e. The van der Waals surface area contributed by atoms with Gasteiger partial charge in [-0.15, -0.1) is 0 Å². The maximum absolute atomic E-state index is 15.8. The topological polar surface area (TPSA) is 81.5 Å². The van der Waals surface area contributed by atoms with E-state index in [1.165, 1.54) is 18.5 Å². The van der Waals surface area contributed by atoms with Gasteiger partial charge in [0.05, 0.1) is 21.3 Å². The molecule has 236 valence electrons. The molecule has 0 aliphatic carbocycles. The van der Waals surface area contributed by atoms with E-state index in [9.17, 15) is 4.79 Å². The molecule has 2 fully saturated rings. The summed E-state index contributed by atoms with van der Waals surface area (Å²) in [6.45, 7) is 7.89. The van der Waals surface area contributed by atoms with Gasteiger partial charge in [0, 0.05) is 72.3 Å². The van der Waals surface area contributed by atoms with Crippen LogP contribution in [0.25, 0.3) is 22.8 Å². The van der Waals surface area contributed by atoms with Gasteiger partial charge in [0.15, 0.2) is 6.23 Å².